The van der Waals surface area contributed by atoms with Crippen LogP contribution in [0, 0.1) is 0 Å². The van der Waals surface area contributed by atoms with Gasteiger partial charge in [-0.05, 0) is 63.5 Å². The Hall–Kier alpha value is -3.21. The van der Waals surface area contributed by atoms with Gasteiger partial charge in [-0.3, -0.25) is 14.6 Å². The zero-order valence-electron chi connectivity index (χ0n) is 21.1. The van der Waals surface area contributed by atoms with Crippen molar-refractivity contribution >= 4 is 11.8 Å². The zero-order chi connectivity index (χ0) is 25.1. The summed E-state index contributed by atoms with van der Waals surface area (Å²) in [6.45, 7) is 3.47. The topological polar surface area (TPSA) is 76.3 Å². The number of carbonyl (C=O) groups is 2. The van der Waals surface area contributed by atoms with Gasteiger partial charge in [0.05, 0.1) is 11.3 Å². The molecule has 0 radical (unpaired) electrons. The average Bonchev–Trinajstić information content (AvgIpc) is 3.36. The minimum Gasteiger partial charge on any atom is -0.366 e. The van der Waals surface area contributed by atoms with Crippen LogP contribution in [-0.4, -0.2) is 34.8 Å². The smallest absolute Gasteiger partial charge is 0.250 e. The predicted octanol–water partition coefficient (Wildman–Crippen LogP) is 6.42. The van der Waals surface area contributed by atoms with E-state index in [1.807, 2.05) is 4.90 Å². The van der Waals surface area contributed by atoms with Crippen LogP contribution in [-0.2, 0) is 4.79 Å². The summed E-state index contributed by atoms with van der Waals surface area (Å²) >= 11 is 0. The second-order valence-electron chi connectivity index (χ2n) is 8.73. The average molecular weight is 476 g/mol. The minimum absolute atomic E-state index is 0.0774. The van der Waals surface area contributed by atoms with Gasteiger partial charge in [-0.15, -0.1) is 0 Å². The second-order valence-corrected chi connectivity index (χ2v) is 8.73. The Bertz CT molecular complexity index is 927. The molecule has 5 heteroatoms. The number of hydrogen-bond donors (Lipinski definition) is 1. The summed E-state index contributed by atoms with van der Waals surface area (Å²) in [5, 5.41) is 0. The first-order chi connectivity index (χ1) is 17.1. The minimum atomic E-state index is -0.463. The first-order valence-electron chi connectivity index (χ1n) is 12.9. The Labute approximate surface area is 211 Å². The van der Waals surface area contributed by atoms with Crippen molar-refractivity contribution in [3.8, 4) is 0 Å². The summed E-state index contributed by atoms with van der Waals surface area (Å²) in [4.78, 5) is 30.5. The molecule has 5 nitrogen and oxygen atoms in total. The third-order valence-electron chi connectivity index (χ3n) is 5.95. The van der Waals surface area contributed by atoms with Crippen molar-refractivity contribution in [3.63, 3.8) is 0 Å². The maximum absolute atomic E-state index is 12.6. The van der Waals surface area contributed by atoms with Crippen LogP contribution in [0.5, 0.6) is 0 Å². The molecular weight excluding hydrogens is 434 g/mol. The standard InChI is InChI=1S/C30H41N3O2/c1-2-3-4-5-6-7-8-9-10-11-12-13-14-15-16-17-18-21-28(34)33-24-22-26(25-33)29-27(30(31)35)20-19-23-32-29/h3-4,6-7,9-10,12-13,15-16,19-20,23,26H,2,5,8,11,14,17-18,21-22,24-25H2,1H3,(H2,31,35)/b4-3-,7-6-,10-9-,13-12-,16-15-/t26-/m1/s1. The molecule has 0 aromatic carbocycles. The Kier molecular flexibility index (Phi) is 13.8. The molecule has 188 valence electrons. The van der Waals surface area contributed by atoms with Crippen molar-refractivity contribution in [1.29, 1.82) is 0 Å². The molecule has 0 saturated carbocycles. The summed E-state index contributed by atoms with van der Waals surface area (Å²) in [6, 6.07) is 3.43. The van der Waals surface area contributed by atoms with E-state index in [2.05, 4.69) is 72.7 Å². The van der Waals surface area contributed by atoms with Crippen LogP contribution in [0.2, 0.25) is 0 Å². The lowest BCUT2D eigenvalue weighted by Gasteiger charge is -2.17. The normalized spacial score (nSPS) is 16.7. The van der Waals surface area contributed by atoms with Gasteiger partial charge < -0.3 is 10.6 Å². The van der Waals surface area contributed by atoms with Crippen LogP contribution < -0.4 is 5.73 Å². The molecule has 1 atom stereocenters. The third kappa shape index (κ3) is 11.2. The van der Waals surface area contributed by atoms with Crippen molar-refractivity contribution in [2.24, 2.45) is 5.73 Å². The van der Waals surface area contributed by atoms with Crippen LogP contribution in [0.25, 0.3) is 0 Å². The molecule has 0 bridgehead atoms. The van der Waals surface area contributed by atoms with Gasteiger partial charge in [-0.1, -0.05) is 67.7 Å². The quantitative estimate of drug-likeness (QED) is 0.235. The number of allylic oxidation sites excluding steroid dienone is 10. The number of pyridine rings is 1. The van der Waals surface area contributed by atoms with Gasteiger partial charge >= 0.3 is 0 Å². The largest absolute Gasteiger partial charge is 0.366 e. The maximum Gasteiger partial charge on any atom is 0.250 e. The van der Waals surface area contributed by atoms with Gasteiger partial charge in [0.25, 0.3) is 5.91 Å². The number of aromatic nitrogens is 1. The predicted molar refractivity (Wildman–Crippen MR) is 145 cm³/mol. The van der Waals surface area contributed by atoms with Gasteiger partial charge in [0.2, 0.25) is 5.91 Å². The highest BCUT2D eigenvalue weighted by atomic mass is 16.2. The van der Waals surface area contributed by atoms with Gasteiger partial charge in [0.1, 0.15) is 0 Å². The fourth-order valence-corrected chi connectivity index (χ4v) is 4.06. The zero-order valence-corrected chi connectivity index (χ0v) is 21.1. The lowest BCUT2D eigenvalue weighted by Crippen LogP contribution is -2.28. The van der Waals surface area contributed by atoms with Crippen LogP contribution in [0.3, 0.4) is 0 Å². The number of likely N-dealkylation sites (tertiary alicyclic amines) is 1. The summed E-state index contributed by atoms with van der Waals surface area (Å²) in [6.07, 6.45) is 31.7. The molecule has 1 saturated heterocycles. The fraction of sp³-hybridized carbons (Fsp3) is 0.433. The molecule has 1 fully saturated rings. The molecule has 2 N–H and O–H groups in total. The number of unbranched alkanes of at least 4 members (excludes halogenated alkanes) is 1. The SMILES string of the molecule is CC/C=C\C/C=C\C/C=C\C/C=C\C/C=C\CCCC(=O)N1CC[C@@H](c2ncccc2C(N)=O)C1. The molecular formula is C30H41N3O2. The Morgan fingerprint density at radius 2 is 1.57 bits per heavy atom. The molecule has 1 aliphatic heterocycles. The Morgan fingerprint density at radius 3 is 2.17 bits per heavy atom. The van der Waals surface area contributed by atoms with Crippen molar-refractivity contribution in [3.05, 3.63) is 90.3 Å². The second kappa shape index (κ2) is 17.3. The van der Waals surface area contributed by atoms with Crippen LogP contribution in [0.15, 0.2) is 79.1 Å². The fourth-order valence-electron chi connectivity index (χ4n) is 4.06. The third-order valence-corrected chi connectivity index (χ3v) is 5.95. The summed E-state index contributed by atoms with van der Waals surface area (Å²) < 4.78 is 0. The van der Waals surface area contributed by atoms with Crippen molar-refractivity contribution in [1.82, 2.24) is 9.88 Å². The van der Waals surface area contributed by atoms with Gasteiger partial charge in [0, 0.05) is 31.6 Å². The first-order valence-corrected chi connectivity index (χ1v) is 12.9. The molecule has 35 heavy (non-hydrogen) atoms. The van der Waals surface area contributed by atoms with Crippen LogP contribution in [0.4, 0.5) is 0 Å². The van der Waals surface area contributed by atoms with E-state index in [1.165, 1.54) is 0 Å². The van der Waals surface area contributed by atoms with E-state index in [-0.39, 0.29) is 11.8 Å². The molecule has 2 rings (SSSR count). The van der Waals surface area contributed by atoms with E-state index < -0.39 is 5.91 Å². The molecule has 1 aromatic rings. The van der Waals surface area contributed by atoms with Crippen molar-refractivity contribution in [2.45, 2.75) is 70.6 Å². The number of nitrogens with two attached hydrogens (primary N) is 1. The molecule has 2 amide bonds. The lowest BCUT2D eigenvalue weighted by atomic mass is 9.99. The lowest BCUT2D eigenvalue weighted by molar-refractivity contribution is -0.130. The van der Waals surface area contributed by atoms with Crippen LogP contribution in [0.1, 0.15) is 86.7 Å². The number of primary amides is 1. The van der Waals surface area contributed by atoms with Gasteiger partial charge in [0.15, 0.2) is 0 Å². The number of carbonyl (C=O) groups excluding carboxylic acids is 2. The van der Waals surface area contributed by atoms with E-state index in [4.69, 9.17) is 5.73 Å². The van der Waals surface area contributed by atoms with Crippen molar-refractivity contribution < 1.29 is 9.59 Å². The van der Waals surface area contributed by atoms with Gasteiger partial charge in [-0.2, -0.15) is 0 Å². The Balaban J connectivity index is 1.55. The van der Waals surface area contributed by atoms with Gasteiger partial charge in [-0.25, -0.2) is 0 Å². The highest BCUT2D eigenvalue weighted by Crippen LogP contribution is 2.28. The number of hydrogen-bond acceptors (Lipinski definition) is 3. The van der Waals surface area contributed by atoms with E-state index in [0.29, 0.717) is 30.8 Å². The van der Waals surface area contributed by atoms with E-state index in [9.17, 15) is 9.59 Å². The molecule has 0 unspecified atom stereocenters. The molecule has 0 spiro atoms. The number of amides is 2. The highest BCUT2D eigenvalue weighted by Gasteiger charge is 2.30. The molecule has 0 aliphatic carbocycles. The van der Waals surface area contributed by atoms with E-state index in [0.717, 1.165) is 51.4 Å². The van der Waals surface area contributed by atoms with Crippen molar-refractivity contribution in [2.75, 3.05) is 13.1 Å². The molecule has 2 heterocycles. The van der Waals surface area contributed by atoms with E-state index >= 15 is 0 Å². The Morgan fingerprint density at radius 1 is 0.971 bits per heavy atom. The summed E-state index contributed by atoms with van der Waals surface area (Å²) in [5.41, 5.74) is 6.66. The molecule has 1 aliphatic rings. The monoisotopic (exact) mass is 475 g/mol. The first kappa shape index (κ1) is 28.0. The van der Waals surface area contributed by atoms with Crippen LogP contribution >= 0.6 is 0 Å². The summed E-state index contributed by atoms with van der Waals surface area (Å²) in [5.74, 6) is -0.208. The summed E-state index contributed by atoms with van der Waals surface area (Å²) in [7, 11) is 0. The van der Waals surface area contributed by atoms with E-state index in [1.54, 1.807) is 18.3 Å². The number of rotatable bonds is 15. The maximum atomic E-state index is 12.6. The molecule has 1 aromatic heterocycles. The number of nitrogens with zero attached hydrogens (tertiary/aromatic N) is 2. The highest BCUT2D eigenvalue weighted by molar-refractivity contribution is 5.94.